The van der Waals surface area contributed by atoms with Gasteiger partial charge in [0, 0.05) is 11.1 Å². The van der Waals surface area contributed by atoms with Gasteiger partial charge in [0.1, 0.15) is 0 Å². The highest BCUT2D eigenvalue weighted by Gasteiger charge is 2.16. The zero-order chi connectivity index (χ0) is 13.9. The van der Waals surface area contributed by atoms with Crippen molar-refractivity contribution in [2.75, 3.05) is 7.11 Å². The number of ether oxygens (including phenoxy) is 1. The van der Waals surface area contributed by atoms with Crippen LogP contribution in [-0.2, 0) is 0 Å². The zero-order valence-corrected chi connectivity index (χ0v) is 10.9. The minimum absolute atomic E-state index is 0.219. The Morgan fingerprint density at radius 3 is 2.60 bits per heavy atom. The number of aromatic nitrogens is 2. The molecular formula is C16H13FN2O. The normalized spacial score (nSPS) is 10.5. The summed E-state index contributed by atoms with van der Waals surface area (Å²) in [6.45, 7) is 0. The third-order valence-corrected chi connectivity index (χ3v) is 3.14. The number of methoxy groups -OCH3 is 1. The van der Waals surface area contributed by atoms with Gasteiger partial charge in [-0.2, -0.15) is 0 Å². The molecule has 2 aromatic carbocycles. The van der Waals surface area contributed by atoms with E-state index in [0.717, 1.165) is 11.3 Å². The Kier molecular flexibility index (Phi) is 3.21. The highest BCUT2D eigenvalue weighted by Crippen LogP contribution is 2.33. The molecule has 0 atom stereocenters. The molecule has 1 N–H and O–H groups in total. The van der Waals surface area contributed by atoms with Crippen LogP contribution >= 0.6 is 0 Å². The van der Waals surface area contributed by atoms with Gasteiger partial charge in [0.2, 0.25) is 0 Å². The van der Waals surface area contributed by atoms with Gasteiger partial charge in [-0.25, -0.2) is 9.37 Å². The van der Waals surface area contributed by atoms with Gasteiger partial charge in [-0.15, -0.1) is 0 Å². The Morgan fingerprint density at radius 2 is 1.85 bits per heavy atom. The summed E-state index contributed by atoms with van der Waals surface area (Å²) in [5.41, 5.74) is 2.75. The van der Waals surface area contributed by atoms with Crippen molar-refractivity contribution in [1.82, 2.24) is 9.97 Å². The number of H-pyrrole nitrogens is 1. The Balaban J connectivity index is 2.16. The van der Waals surface area contributed by atoms with Crippen LogP contribution in [0.15, 0.2) is 54.9 Å². The quantitative estimate of drug-likeness (QED) is 0.782. The fourth-order valence-corrected chi connectivity index (χ4v) is 2.18. The molecule has 0 spiro atoms. The lowest BCUT2D eigenvalue weighted by Gasteiger charge is -2.07. The average Bonchev–Trinajstić information content (AvgIpc) is 2.97. The monoisotopic (exact) mass is 268 g/mol. The molecule has 0 amide bonds. The molecule has 0 bridgehead atoms. The smallest absolute Gasteiger partial charge is 0.174 e. The molecule has 4 heteroatoms. The maximum absolute atomic E-state index is 14.4. The summed E-state index contributed by atoms with van der Waals surface area (Å²) >= 11 is 0. The first-order chi connectivity index (χ1) is 9.81. The van der Waals surface area contributed by atoms with Crippen LogP contribution < -0.4 is 4.74 Å². The van der Waals surface area contributed by atoms with Crippen LogP contribution in [0.4, 0.5) is 4.39 Å². The highest BCUT2D eigenvalue weighted by atomic mass is 19.1. The maximum atomic E-state index is 14.4. The summed E-state index contributed by atoms with van der Waals surface area (Å²) in [6.07, 6.45) is 1.57. The molecular weight excluding hydrogens is 255 g/mol. The van der Waals surface area contributed by atoms with Crippen molar-refractivity contribution < 1.29 is 9.13 Å². The minimum Gasteiger partial charge on any atom is -0.494 e. The largest absolute Gasteiger partial charge is 0.494 e. The van der Waals surface area contributed by atoms with Crippen LogP contribution in [-0.4, -0.2) is 17.1 Å². The molecule has 3 nitrogen and oxygen atoms in total. The molecule has 0 unspecified atom stereocenters. The minimum atomic E-state index is -0.392. The molecule has 0 radical (unpaired) electrons. The van der Waals surface area contributed by atoms with Gasteiger partial charge in [-0.05, 0) is 12.1 Å². The van der Waals surface area contributed by atoms with Gasteiger partial charge in [0.15, 0.2) is 11.6 Å². The van der Waals surface area contributed by atoms with Gasteiger partial charge in [-0.1, -0.05) is 36.4 Å². The molecule has 0 saturated heterocycles. The van der Waals surface area contributed by atoms with E-state index < -0.39 is 5.82 Å². The number of nitrogens with one attached hydrogen (secondary N) is 1. The van der Waals surface area contributed by atoms with Crippen LogP contribution in [0.1, 0.15) is 0 Å². The van der Waals surface area contributed by atoms with E-state index in [2.05, 4.69) is 9.97 Å². The first kappa shape index (κ1) is 12.4. The lowest BCUT2D eigenvalue weighted by atomic mass is 10.0. The number of hydrogen-bond acceptors (Lipinski definition) is 2. The van der Waals surface area contributed by atoms with Crippen LogP contribution in [0, 0.1) is 5.82 Å². The third kappa shape index (κ3) is 2.05. The second-order valence-corrected chi connectivity index (χ2v) is 4.31. The Hall–Kier alpha value is -2.62. The number of rotatable bonds is 3. The highest BCUT2D eigenvalue weighted by molar-refractivity contribution is 5.78. The van der Waals surface area contributed by atoms with Crippen LogP contribution in [0.2, 0.25) is 0 Å². The second kappa shape index (κ2) is 5.17. The summed E-state index contributed by atoms with van der Waals surface area (Å²) in [5.74, 6) is -0.174. The maximum Gasteiger partial charge on any atom is 0.174 e. The van der Waals surface area contributed by atoms with E-state index >= 15 is 0 Å². The van der Waals surface area contributed by atoms with E-state index in [4.69, 9.17) is 4.74 Å². The molecule has 1 heterocycles. The lowest BCUT2D eigenvalue weighted by molar-refractivity contribution is 0.387. The number of nitrogens with zero attached hydrogens (tertiary/aromatic N) is 1. The summed E-state index contributed by atoms with van der Waals surface area (Å²) in [4.78, 5) is 7.30. The predicted octanol–water partition coefficient (Wildman–Crippen LogP) is 3.89. The van der Waals surface area contributed by atoms with E-state index in [0.29, 0.717) is 11.3 Å². The fourth-order valence-electron chi connectivity index (χ4n) is 2.18. The van der Waals surface area contributed by atoms with Gasteiger partial charge < -0.3 is 9.72 Å². The third-order valence-electron chi connectivity index (χ3n) is 3.14. The molecule has 1 aromatic heterocycles. The van der Waals surface area contributed by atoms with Crippen molar-refractivity contribution >= 4 is 0 Å². The number of benzene rings is 2. The Labute approximate surface area is 116 Å². The van der Waals surface area contributed by atoms with Crippen molar-refractivity contribution in [1.29, 1.82) is 0 Å². The number of halogens is 1. The summed E-state index contributed by atoms with van der Waals surface area (Å²) in [5, 5.41) is 0. The number of imidazole rings is 1. The van der Waals surface area contributed by atoms with Crippen molar-refractivity contribution in [2.45, 2.75) is 0 Å². The zero-order valence-electron chi connectivity index (χ0n) is 10.9. The van der Waals surface area contributed by atoms with Gasteiger partial charge in [-0.3, -0.25) is 0 Å². The average molecular weight is 268 g/mol. The number of aromatic amines is 1. The van der Waals surface area contributed by atoms with E-state index in [1.807, 2.05) is 30.3 Å². The predicted molar refractivity (Wildman–Crippen MR) is 76.0 cm³/mol. The van der Waals surface area contributed by atoms with Gasteiger partial charge in [0.05, 0.1) is 24.8 Å². The van der Waals surface area contributed by atoms with E-state index in [-0.39, 0.29) is 5.75 Å². The summed E-state index contributed by atoms with van der Waals surface area (Å²) in [7, 11) is 1.45. The van der Waals surface area contributed by atoms with Crippen molar-refractivity contribution in [2.24, 2.45) is 0 Å². The first-order valence-electron chi connectivity index (χ1n) is 6.23. The topological polar surface area (TPSA) is 37.9 Å². The molecule has 0 aliphatic rings. The first-order valence-corrected chi connectivity index (χ1v) is 6.23. The van der Waals surface area contributed by atoms with E-state index in [9.17, 15) is 4.39 Å². The van der Waals surface area contributed by atoms with Gasteiger partial charge >= 0.3 is 0 Å². The Bertz CT molecular complexity index is 722. The fraction of sp³-hybridized carbons (Fsp3) is 0.0625. The van der Waals surface area contributed by atoms with Crippen LogP contribution in [0.3, 0.4) is 0 Å². The van der Waals surface area contributed by atoms with Crippen LogP contribution in [0.5, 0.6) is 5.75 Å². The molecule has 3 aromatic rings. The molecule has 100 valence electrons. The number of hydrogen-bond donors (Lipinski definition) is 1. The lowest BCUT2D eigenvalue weighted by Crippen LogP contribution is -1.92. The molecule has 0 saturated carbocycles. The van der Waals surface area contributed by atoms with Gasteiger partial charge in [0.25, 0.3) is 0 Å². The van der Waals surface area contributed by atoms with Crippen molar-refractivity contribution in [3.63, 3.8) is 0 Å². The molecule has 20 heavy (non-hydrogen) atoms. The van der Waals surface area contributed by atoms with Crippen LogP contribution in [0.25, 0.3) is 22.5 Å². The summed E-state index contributed by atoms with van der Waals surface area (Å²) in [6, 6.07) is 14.7. The molecule has 0 fully saturated rings. The second-order valence-electron chi connectivity index (χ2n) is 4.31. The standard InChI is InChI=1S/C16H13FN2O/c1-20-13-9-5-8-12(14(13)17)16-15(18-10-19-16)11-6-3-2-4-7-11/h2-10H,1H3,(H,18,19). The molecule has 3 rings (SSSR count). The van der Waals surface area contributed by atoms with Crippen molar-refractivity contribution in [3.05, 3.63) is 60.7 Å². The SMILES string of the molecule is COc1cccc(-c2[nH]cnc2-c2ccccc2)c1F. The van der Waals surface area contributed by atoms with E-state index in [1.165, 1.54) is 7.11 Å². The summed E-state index contributed by atoms with van der Waals surface area (Å²) < 4.78 is 19.4. The van der Waals surface area contributed by atoms with Crippen molar-refractivity contribution in [3.8, 4) is 28.3 Å². The molecule has 0 aliphatic carbocycles. The Morgan fingerprint density at radius 1 is 1.05 bits per heavy atom. The van der Waals surface area contributed by atoms with E-state index in [1.54, 1.807) is 24.5 Å². The molecule has 0 aliphatic heterocycles.